The van der Waals surface area contributed by atoms with Crippen LogP contribution in [-0.2, 0) is 17.1 Å². The molecule has 0 aromatic heterocycles. The van der Waals surface area contributed by atoms with Gasteiger partial charge in [-0.15, -0.1) is 0 Å². The van der Waals surface area contributed by atoms with Gasteiger partial charge in [-0.25, -0.2) is 0 Å². The minimum atomic E-state index is -0.169. The average molecular weight is 300 g/mol. The van der Waals surface area contributed by atoms with Gasteiger partial charge in [0, 0.05) is 17.6 Å². The van der Waals surface area contributed by atoms with Gasteiger partial charge in [0.05, 0.1) is 0 Å². The van der Waals surface area contributed by atoms with Crippen molar-refractivity contribution in [3.8, 4) is 0 Å². The molecule has 0 unspecified atom stereocenters. The summed E-state index contributed by atoms with van der Waals surface area (Å²) in [7, 11) is -0.338. The van der Waals surface area contributed by atoms with E-state index in [0.717, 1.165) is 0 Å². The maximum atomic E-state index is 2.31. The van der Waals surface area contributed by atoms with E-state index in [1.165, 1.54) is 11.1 Å². The number of hydrogen-bond donors (Lipinski definition) is 0. The van der Waals surface area contributed by atoms with Gasteiger partial charge in [-0.2, -0.15) is 0 Å². The van der Waals surface area contributed by atoms with E-state index in [1.54, 1.807) is 0 Å². The Morgan fingerprint density at radius 1 is 0.588 bits per heavy atom. The third-order valence-corrected chi connectivity index (χ3v) is 5.46. The molecule has 0 atom stereocenters. The first kappa shape index (κ1) is 18.0. The maximum absolute atomic E-state index is 2.31. The second-order valence-corrected chi connectivity index (χ2v) is 9.50. The van der Waals surface area contributed by atoms with E-state index in [1.807, 2.05) is 0 Å². The minimum absolute atomic E-state index is 0. The molecule has 0 bridgehead atoms. The Morgan fingerprint density at radius 3 is 0.941 bits per heavy atom. The smallest absolute Gasteiger partial charge is 0.0708 e. The Hall–Kier alpha value is 0.953. The summed E-state index contributed by atoms with van der Waals surface area (Å²) in [6.45, 7) is 9.22. The molecule has 0 aromatic rings. The van der Waals surface area contributed by atoms with Crippen LogP contribution < -0.4 is 0 Å². The summed E-state index contributed by atoms with van der Waals surface area (Å²) in [5, 5.41) is 0. The second-order valence-electron chi connectivity index (χ2n) is 4.35. The van der Waals surface area contributed by atoms with Crippen LogP contribution in [0.1, 0.15) is 0 Å². The van der Waals surface area contributed by atoms with Crippen LogP contribution >= 0.6 is 0 Å². The van der Waals surface area contributed by atoms with Crippen LogP contribution in [0.3, 0.4) is 0 Å². The van der Waals surface area contributed by atoms with Crippen LogP contribution in [0.5, 0.6) is 0 Å². The molecule has 0 N–H and O–H groups in total. The van der Waals surface area contributed by atoms with Crippen LogP contribution in [0.25, 0.3) is 0 Å². The van der Waals surface area contributed by atoms with Gasteiger partial charge in [-0.3, -0.25) is 0 Å². The maximum Gasteiger partial charge on any atom is 2.00 e. The Balaban J connectivity index is 0.000000284. The molecular weight excluding hydrogens is 280 g/mol. The van der Waals surface area contributed by atoms with Crippen molar-refractivity contribution in [3.05, 3.63) is 62.4 Å². The van der Waals surface area contributed by atoms with Crippen LogP contribution in [0.4, 0.5) is 0 Å². The fourth-order valence-corrected chi connectivity index (χ4v) is 3.13. The molecule has 3 heteroatoms. The molecule has 90 valence electrons. The van der Waals surface area contributed by atoms with E-state index in [9.17, 15) is 0 Å². The monoisotopic (exact) mass is 300 g/mol. The van der Waals surface area contributed by atoms with E-state index < -0.39 is 0 Å². The Morgan fingerprint density at radius 2 is 0.824 bits per heavy atom. The van der Waals surface area contributed by atoms with Gasteiger partial charge >= 0.3 is 17.1 Å². The second kappa shape index (κ2) is 9.83. The zero-order valence-corrected chi connectivity index (χ0v) is 14.1. The summed E-state index contributed by atoms with van der Waals surface area (Å²) in [6.07, 6.45) is 17.2. The van der Waals surface area contributed by atoms with Crippen LogP contribution in [0, 0.1) is 62.4 Å². The Bertz CT molecular complexity index is 151. The van der Waals surface area contributed by atoms with E-state index in [2.05, 4.69) is 77.6 Å². The molecule has 2 aliphatic carbocycles. The van der Waals surface area contributed by atoms with Crippen molar-refractivity contribution >= 4 is 17.6 Å². The van der Waals surface area contributed by atoms with Crippen LogP contribution in [0.2, 0.25) is 26.2 Å². The van der Waals surface area contributed by atoms with Crippen molar-refractivity contribution in [1.29, 1.82) is 0 Å². The summed E-state index contributed by atoms with van der Waals surface area (Å²) < 4.78 is 0. The van der Waals surface area contributed by atoms with Crippen LogP contribution in [0.15, 0.2) is 0 Å². The van der Waals surface area contributed by atoms with Crippen molar-refractivity contribution < 1.29 is 17.1 Å². The van der Waals surface area contributed by atoms with Gasteiger partial charge in [0.25, 0.3) is 0 Å². The molecule has 2 saturated carbocycles. The van der Waals surface area contributed by atoms with Gasteiger partial charge in [0.2, 0.25) is 0 Å². The molecule has 0 spiro atoms. The first-order valence-corrected chi connectivity index (χ1v) is 10.7. The van der Waals surface area contributed by atoms with Crippen molar-refractivity contribution in [2.45, 2.75) is 26.2 Å². The molecule has 2 aliphatic rings. The van der Waals surface area contributed by atoms with E-state index in [0.29, 0.717) is 0 Å². The molecule has 2 fully saturated rings. The summed E-state index contributed by atoms with van der Waals surface area (Å²) in [5.74, 6) is 0. The zero-order chi connectivity index (χ0) is 12.0. The summed E-state index contributed by atoms with van der Waals surface area (Å²) in [6, 6.07) is 0. The predicted octanol–water partition coefficient (Wildman–Crippen LogP) is 3.37. The molecule has 2 rings (SSSR count). The molecular formula is C14H20FeSi2+2. The molecule has 0 aromatic carbocycles. The van der Waals surface area contributed by atoms with Gasteiger partial charge in [-0.05, 0) is 62.4 Å². The summed E-state index contributed by atoms with van der Waals surface area (Å²) in [4.78, 5) is 0. The van der Waals surface area contributed by atoms with E-state index >= 15 is 0 Å². The van der Waals surface area contributed by atoms with Gasteiger partial charge in [0.15, 0.2) is 0 Å². The predicted molar refractivity (Wildman–Crippen MR) is 75.9 cm³/mol. The average Bonchev–Trinajstić information content (AvgIpc) is 2.93. The first-order valence-electron chi connectivity index (χ1n) is 5.65. The van der Waals surface area contributed by atoms with Gasteiger partial charge < -0.3 is 0 Å². The molecule has 17 heavy (non-hydrogen) atoms. The molecule has 0 amide bonds. The van der Waals surface area contributed by atoms with Crippen molar-refractivity contribution in [2.24, 2.45) is 0 Å². The van der Waals surface area contributed by atoms with Gasteiger partial charge in [0.1, 0.15) is 0 Å². The quantitative estimate of drug-likeness (QED) is 0.686. The SMILES string of the molecule is C[Si](C)[C]1[CH][CH][CH][CH]1.C[Si](C)[C]1[CH][CH][CH][CH]1.[Fe+2]. The third kappa shape index (κ3) is 7.20. The third-order valence-electron chi connectivity index (χ3n) is 2.48. The largest absolute Gasteiger partial charge is 2.00 e. The molecule has 0 aliphatic heterocycles. The fraction of sp³-hybridized carbons (Fsp3) is 0.286. The number of rotatable bonds is 2. The summed E-state index contributed by atoms with van der Waals surface area (Å²) in [5.41, 5.74) is 3.07. The topological polar surface area (TPSA) is 0 Å². The normalized spacial score (nSPS) is 21.5. The van der Waals surface area contributed by atoms with Crippen molar-refractivity contribution in [3.63, 3.8) is 0 Å². The molecule has 0 heterocycles. The van der Waals surface area contributed by atoms with Crippen molar-refractivity contribution in [2.75, 3.05) is 0 Å². The Labute approximate surface area is 123 Å². The Kier molecular flexibility index (Phi) is 10.4. The molecule has 12 radical (unpaired) electrons. The van der Waals surface area contributed by atoms with E-state index in [4.69, 9.17) is 0 Å². The molecule has 0 saturated heterocycles. The van der Waals surface area contributed by atoms with Crippen LogP contribution in [-0.4, -0.2) is 17.6 Å². The van der Waals surface area contributed by atoms with Gasteiger partial charge in [-0.1, -0.05) is 26.2 Å². The minimum Gasteiger partial charge on any atom is -0.0708 e. The van der Waals surface area contributed by atoms with E-state index in [-0.39, 0.29) is 34.7 Å². The molecule has 0 nitrogen and oxygen atoms in total. The standard InChI is InChI=1S/2C7H10Si.Fe/c2*1-8(2)7-5-3-4-6-7;/h2*3-6H,1-2H3;/q;;+2. The number of hydrogen-bond acceptors (Lipinski definition) is 0. The van der Waals surface area contributed by atoms with Crippen molar-refractivity contribution in [1.82, 2.24) is 0 Å². The summed E-state index contributed by atoms with van der Waals surface area (Å²) >= 11 is 0. The fourth-order valence-electron chi connectivity index (χ4n) is 1.41. The zero-order valence-electron chi connectivity index (χ0n) is 11.0. The first-order chi connectivity index (χ1) is 7.61.